The van der Waals surface area contributed by atoms with Crippen molar-refractivity contribution in [2.45, 2.75) is 24.4 Å². The highest BCUT2D eigenvalue weighted by atomic mass is 35.5. The van der Waals surface area contributed by atoms with Gasteiger partial charge >= 0.3 is 0 Å². The number of benzene rings is 2. The van der Waals surface area contributed by atoms with Crippen molar-refractivity contribution >= 4 is 35.0 Å². The first-order chi connectivity index (χ1) is 13.6. The van der Waals surface area contributed by atoms with Gasteiger partial charge in [0.05, 0.1) is 17.3 Å². The third kappa shape index (κ3) is 4.24. The van der Waals surface area contributed by atoms with Crippen molar-refractivity contribution < 1.29 is 4.52 Å². The van der Waals surface area contributed by atoms with Gasteiger partial charge in [-0.2, -0.15) is 0 Å². The number of aromatic nitrogens is 4. The molecule has 0 N–H and O–H groups in total. The summed E-state index contributed by atoms with van der Waals surface area (Å²) >= 11 is 14.0. The molecule has 0 unspecified atom stereocenters. The second-order valence-corrected chi connectivity index (χ2v) is 8.01. The second kappa shape index (κ2) is 8.39. The Morgan fingerprint density at radius 3 is 2.57 bits per heavy atom. The maximum Gasteiger partial charge on any atom is 0.192 e. The van der Waals surface area contributed by atoms with E-state index in [-0.39, 0.29) is 0 Å². The average molecular weight is 431 g/mol. The van der Waals surface area contributed by atoms with E-state index in [0.29, 0.717) is 28.2 Å². The minimum Gasteiger partial charge on any atom is -0.361 e. The Morgan fingerprint density at radius 2 is 1.86 bits per heavy atom. The maximum absolute atomic E-state index is 6.43. The first-order valence-electron chi connectivity index (χ1n) is 8.57. The molecule has 2 aromatic heterocycles. The topological polar surface area (TPSA) is 56.7 Å². The summed E-state index contributed by atoms with van der Waals surface area (Å²) < 4.78 is 7.20. The van der Waals surface area contributed by atoms with E-state index in [1.807, 2.05) is 37.3 Å². The van der Waals surface area contributed by atoms with Crippen molar-refractivity contribution in [2.24, 2.45) is 0 Å². The number of rotatable bonds is 6. The standard InChI is InChI=1S/C20H16Cl2N4OS/c1-13-9-16(25-27-13)12-28-20-24-23-19(17-8-7-15(21)10-18(17)22)26(20)11-14-5-3-2-4-6-14/h2-10H,11-12H2,1H3. The summed E-state index contributed by atoms with van der Waals surface area (Å²) in [5.74, 6) is 2.12. The van der Waals surface area contributed by atoms with Crippen LogP contribution in [0.25, 0.3) is 11.4 Å². The van der Waals surface area contributed by atoms with Crippen LogP contribution in [0.3, 0.4) is 0 Å². The minimum absolute atomic E-state index is 0.540. The van der Waals surface area contributed by atoms with Crippen LogP contribution < -0.4 is 0 Å². The monoisotopic (exact) mass is 430 g/mol. The van der Waals surface area contributed by atoms with Crippen molar-refractivity contribution in [3.8, 4) is 11.4 Å². The Kier molecular flexibility index (Phi) is 5.71. The molecule has 0 atom stereocenters. The zero-order valence-electron chi connectivity index (χ0n) is 15.0. The summed E-state index contributed by atoms with van der Waals surface area (Å²) in [4.78, 5) is 0. The quantitative estimate of drug-likeness (QED) is 0.357. The zero-order valence-corrected chi connectivity index (χ0v) is 17.3. The van der Waals surface area contributed by atoms with E-state index in [0.717, 1.165) is 27.7 Å². The molecule has 5 nitrogen and oxygen atoms in total. The van der Waals surface area contributed by atoms with Crippen molar-refractivity contribution in [1.29, 1.82) is 0 Å². The molecule has 28 heavy (non-hydrogen) atoms. The van der Waals surface area contributed by atoms with Gasteiger partial charge in [0.15, 0.2) is 11.0 Å². The van der Waals surface area contributed by atoms with Crippen LogP contribution in [0.2, 0.25) is 10.0 Å². The number of nitrogens with zero attached hydrogens (tertiary/aromatic N) is 4. The Balaban J connectivity index is 1.70. The summed E-state index contributed by atoms with van der Waals surface area (Å²) in [5.41, 5.74) is 2.80. The number of hydrogen-bond acceptors (Lipinski definition) is 5. The SMILES string of the molecule is Cc1cc(CSc2nnc(-c3ccc(Cl)cc3Cl)n2Cc2ccccc2)no1. The maximum atomic E-state index is 6.43. The van der Waals surface area contributed by atoms with E-state index in [4.69, 9.17) is 27.7 Å². The molecule has 4 aromatic rings. The van der Waals surface area contributed by atoms with Crippen LogP contribution >= 0.6 is 35.0 Å². The summed E-state index contributed by atoms with van der Waals surface area (Å²) in [6.45, 7) is 2.50. The number of hydrogen-bond donors (Lipinski definition) is 0. The Morgan fingerprint density at radius 1 is 1.04 bits per heavy atom. The molecule has 2 aromatic carbocycles. The van der Waals surface area contributed by atoms with Crippen molar-refractivity contribution in [2.75, 3.05) is 0 Å². The lowest BCUT2D eigenvalue weighted by Gasteiger charge is -2.11. The first-order valence-corrected chi connectivity index (χ1v) is 10.3. The van der Waals surface area contributed by atoms with Gasteiger partial charge in [-0.25, -0.2) is 0 Å². The fourth-order valence-corrected chi connectivity index (χ4v) is 4.11. The van der Waals surface area contributed by atoms with Crippen LogP contribution in [0, 0.1) is 6.92 Å². The largest absolute Gasteiger partial charge is 0.361 e. The lowest BCUT2D eigenvalue weighted by molar-refractivity contribution is 0.393. The van der Waals surface area contributed by atoms with Gasteiger partial charge in [-0.05, 0) is 30.7 Å². The van der Waals surface area contributed by atoms with Crippen molar-refractivity contribution in [1.82, 2.24) is 19.9 Å². The van der Waals surface area contributed by atoms with Gasteiger partial charge in [0.25, 0.3) is 0 Å². The molecule has 0 saturated carbocycles. The summed E-state index contributed by atoms with van der Waals surface area (Å²) in [5, 5.41) is 14.8. The molecule has 0 saturated heterocycles. The number of halogens is 2. The summed E-state index contributed by atoms with van der Waals surface area (Å²) in [6.07, 6.45) is 0. The Hall–Kier alpha value is -2.28. The van der Waals surface area contributed by atoms with E-state index >= 15 is 0 Å². The molecular formula is C20H16Cl2N4OS. The van der Waals surface area contributed by atoms with Gasteiger partial charge < -0.3 is 4.52 Å². The molecule has 0 fully saturated rings. The van der Waals surface area contributed by atoms with Crippen LogP contribution in [0.5, 0.6) is 0 Å². The normalized spacial score (nSPS) is 11.1. The van der Waals surface area contributed by atoms with E-state index in [2.05, 4.69) is 32.1 Å². The molecule has 0 radical (unpaired) electrons. The smallest absolute Gasteiger partial charge is 0.192 e. The third-order valence-corrected chi connectivity index (χ3v) is 5.65. The highest BCUT2D eigenvalue weighted by molar-refractivity contribution is 7.98. The molecule has 0 aliphatic heterocycles. The Labute approximate surface area is 176 Å². The van der Waals surface area contributed by atoms with E-state index in [1.165, 1.54) is 0 Å². The highest BCUT2D eigenvalue weighted by Crippen LogP contribution is 2.32. The second-order valence-electron chi connectivity index (χ2n) is 6.22. The van der Waals surface area contributed by atoms with Gasteiger partial charge in [-0.3, -0.25) is 4.57 Å². The van der Waals surface area contributed by atoms with Gasteiger partial charge in [-0.1, -0.05) is 70.5 Å². The van der Waals surface area contributed by atoms with Crippen LogP contribution in [-0.2, 0) is 12.3 Å². The molecule has 2 heterocycles. The summed E-state index contributed by atoms with van der Waals surface area (Å²) in [6, 6.07) is 17.5. The minimum atomic E-state index is 0.540. The fourth-order valence-electron chi connectivity index (χ4n) is 2.80. The van der Waals surface area contributed by atoms with E-state index in [1.54, 1.807) is 23.9 Å². The van der Waals surface area contributed by atoms with Crippen molar-refractivity contribution in [3.05, 3.63) is 81.7 Å². The molecular weight excluding hydrogens is 415 g/mol. The van der Waals surface area contributed by atoms with Crippen LogP contribution in [-0.4, -0.2) is 19.9 Å². The Bertz CT molecular complexity index is 1090. The molecule has 0 aliphatic rings. The lowest BCUT2D eigenvalue weighted by Crippen LogP contribution is -2.04. The average Bonchev–Trinajstić information content (AvgIpc) is 3.27. The molecule has 0 bridgehead atoms. The molecule has 0 amide bonds. The predicted octanol–water partition coefficient (Wildman–Crippen LogP) is 5.89. The van der Waals surface area contributed by atoms with Gasteiger partial charge in [0.2, 0.25) is 0 Å². The predicted molar refractivity (Wildman–Crippen MR) is 112 cm³/mol. The molecule has 0 spiro atoms. The highest BCUT2D eigenvalue weighted by Gasteiger charge is 2.18. The third-order valence-electron chi connectivity index (χ3n) is 4.10. The molecule has 142 valence electrons. The number of thioether (sulfide) groups is 1. The number of aryl methyl sites for hydroxylation is 1. The zero-order chi connectivity index (χ0) is 19.5. The summed E-state index contributed by atoms with van der Waals surface area (Å²) in [7, 11) is 0. The van der Waals surface area contributed by atoms with Gasteiger partial charge in [-0.15, -0.1) is 10.2 Å². The van der Waals surface area contributed by atoms with Gasteiger partial charge in [0, 0.05) is 22.4 Å². The molecule has 8 heteroatoms. The van der Waals surface area contributed by atoms with Crippen LogP contribution in [0.4, 0.5) is 0 Å². The van der Waals surface area contributed by atoms with E-state index < -0.39 is 0 Å². The van der Waals surface area contributed by atoms with Crippen molar-refractivity contribution in [3.63, 3.8) is 0 Å². The fraction of sp³-hybridized carbons (Fsp3) is 0.150. The molecule has 0 aliphatic carbocycles. The van der Waals surface area contributed by atoms with E-state index in [9.17, 15) is 0 Å². The molecule has 4 rings (SSSR count). The first kappa shape index (κ1) is 19.1. The van der Waals surface area contributed by atoms with Crippen LogP contribution in [0.15, 0.2) is 64.3 Å². The van der Waals surface area contributed by atoms with Crippen LogP contribution in [0.1, 0.15) is 17.0 Å². The van der Waals surface area contributed by atoms with Gasteiger partial charge in [0.1, 0.15) is 5.76 Å². The lowest BCUT2D eigenvalue weighted by atomic mass is 10.2.